The van der Waals surface area contributed by atoms with Crippen molar-refractivity contribution < 1.29 is 4.79 Å². The van der Waals surface area contributed by atoms with Crippen LogP contribution >= 0.6 is 43.2 Å². The van der Waals surface area contributed by atoms with Gasteiger partial charge in [-0.15, -0.1) is 11.3 Å². The Morgan fingerprint density at radius 2 is 1.95 bits per heavy atom. The van der Waals surface area contributed by atoms with E-state index >= 15 is 0 Å². The van der Waals surface area contributed by atoms with Gasteiger partial charge in [-0.3, -0.25) is 9.78 Å². The summed E-state index contributed by atoms with van der Waals surface area (Å²) in [4.78, 5) is 17.4. The lowest BCUT2D eigenvalue weighted by Gasteiger charge is -2.03. The minimum atomic E-state index is 0.000648. The number of rotatable bonds is 2. The molecular weight excluding hydrogens is 390 g/mol. The summed E-state index contributed by atoms with van der Waals surface area (Å²) in [5.74, 6) is 0.000648. The first-order chi connectivity index (χ1) is 9.16. The van der Waals surface area contributed by atoms with Crippen LogP contribution in [0.4, 0.5) is 0 Å². The van der Waals surface area contributed by atoms with E-state index in [0.717, 1.165) is 19.0 Å². The van der Waals surface area contributed by atoms with Crippen molar-refractivity contribution in [3.8, 4) is 0 Å². The van der Waals surface area contributed by atoms with Gasteiger partial charge in [0.15, 0.2) is 0 Å². The Labute approximate surface area is 130 Å². The van der Waals surface area contributed by atoms with Crippen LogP contribution in [0.3, 0.4) is 0 Å². The van der Waals surface area contributed by atoms with Crippen LogP contribution in [0.25, 0.3) is 10.8 Å². The number of thiophene rings is 1. The molecule has 0 bridgehead atoms. The number of halogens is 2. The molecule has 2 aromatic heterocycles. The first-order valence-electron chi connectivity index (χ1n) is 5.49. The predicted molar refractivity (Wildman–Crippen MR) is 84.9 cm³/mol. The minimum Gasteiger partial charge on any atom is -0.288 e. The molecule has 0 aliphatic heterocycles. The van der Waals surface area contributed by atoms with Crippen LogP contribution in [-0.4, -0.2) is 10.8 Å². The molecule has 2 nitrogen and oxygen atoms in total. The number of ketones is 1. The molecule has 0 aliphatic carbocycles. The fourth-order valence-electron chi connectivity index (χ4n) is 1.89. The zero-order chi connectivity index (χ0) is 13.4. The van der Waals surface area contributed by atoms with Crippen LogP contribution in [-0.2, 0) is 0 Å². The maximum atomic E-state index is 12.6. The van der Waals surface area contributed by atoms with Crippen molar-refractivity contribution in [2.45, 2.75) is 0 Å². The number of benzene rings is 1. The van der Waals surface area contributed by atoms with Gasteiger partial charge in [-0.25, -0.2) is 0 Å². The van der Waals surface area contributed by atoms with Crippen LogP contribution in [0.2, 0.25) is 0 Å². The Hall–Kier alpha value is -1.04. The number of pyridine rings is 1. The van der Waals surface area contributed by atoms with Gasteiger partial charge in [0.1, 0.15) is 0 Å². The minimum absolute atomic E-state index is 0.000648. The summed E-state index contributed by atoms with van der Waals surface area (Å²) in [7, 11) is 0. The lowest BCUT2D eigenvalue weighted by atomic mass is 10.0. The molecule has 0 aliphatic rings. The van der Waals surface area contributed by atoms with Crippen LogP contribution in [0.5, 0.6) is 0 Å². The third-order valence-corrected chi connectivity index (χ3v) is 6.04. The Kier molecular flexibility index (Phi) is 3.52. The fourth-order valence-corrected chi connectivity index (χ4v) is 3.88. The number of carbonyl (C=O) groups is 1. The molecule has 19 heavy (non-hydrogen) atoms. The summed E-state index contributed by atoms with van der Waals surface area (Å²) in [6, 6.07) is 9.61. The van der Waals surface area contributed by atoms with Gasteiger partial charge < -0.3 is 0 Å². The summed E-state index contributed by atoms with van der Waals surface area (Å²) < 4.78 is 1.82. The quantitative estimate of drug-likeness (QED) is 0.567. The smallest absolute Gasteiger partial charge is 0.205 e. The maximum Gasteiger partial charge on any atom is 0.205 e. The third kappa shape index (κ3) is 2.38. The second-order valence-electron chi connectivity index (χ2n) is 3.97. The van der Waals surface area contributed by atoms with Crippen LogP contribution in [0, 0.1) is 0 Å². The van der Waals surface area contributed by atoms with E-state index in [2.05, 4.69) is 36.8 Å². The van der Waals surface area contributed by atoms with Gasteiger partial charge in [-0.05, 0) is 43.3 Å². The van der Waals surface area contributed by atoms with Gasteiger partial charge in [-0.1, -0.05) is 24.3 Å². The number of nitrogens with zero attached hydrogens (tertiary/aromatic N) is 1. The fraction of sp³-hybridized carbons (Fsp3) is 0. The maximum absolute atomic E-state index is 12.6. The van der Waals surface area contributed by atoms with E-state index in [1.807, 2.05) is 30.3 Å². The second kappa shape index (κ2) is 5.15. The predicted octanol–water partition coefficient (Wildman–Crippen LogP) is 5.05. The van der Waals surface area contributed by atoms with Gasteiger partial charge in [0, 0.05) is 27.8 Å². The van der Waals surface area contributed by atoms with Crippen LogP contribution in [0.15, 0.2) is 51.0 Å². The Morgan fingerprint density at radius 3 is 2.68 bits per heavy atom. The normalized spacial score (nSPS) is 10.8. The highest BCUT2D eigenvalue weighted by molar-refractivity contribution is 9.13. The summed E-state index contributed by atoms with van der Waals surface area (Å²) in [6.07, 6.45) is 3.40. The molecule has 0 N–H and O–H groups in total. The highest BCUT2D eigenvalue weighted by Crippen LogP contribution is 2.34. The largest absolute Gasteiger partial charge is 0.288 e. The number of hydrogen-bond donors (Lipinski definition) is 0. The van der Waals surface area contributed by atoms with Gasteiger partial charge in [0.2, 0.25) is 5.78 Å². The molecule has 0 fully saturated rings. The van der Waals surface area contributed by atoms with Crippen LogP contribution in [0.1, 0.15) is 15.2 Å². The van der Waals surface area contributed by atoms with Gasteiger partial charge >= 0.3 is 0 Å². The van der Waals surface area contributed by atoms with E-state index in [9.17, 15) is 4.79 Å². The molecule has 0 spiro atoms. The van der Waals surface area contributed by atoms with Gasteiger partial charge in [0.05, 0.1) is 8.66 Å². The average molecular weight is 397 g/mol. The summed E-state index contributed by atoms with van der Waals surface area (Å²) in [5.41, 5.74) is 0.638. The molecule has 3 rings (SSSR count). The number of aromatic nitrogens is 1. The average Bonchev–Trinajstić information content (AvgIpc) is 2.77. The molecule has 3 aromatic rings. The first-order valence-corrected chi connectivity index (χ1v) is 7.89. The van der Waals surface area contributed by atoms with E-state index in [1.165, 1.54) is 11.3 Å². The number of fused-ring (bicyclic) bond motifs is 1. The molecule has 5 heteroatoms. The van der Waals surface area contributed by atoms with E-state index in [1.54, 1.807) is 12.4 Å². The zero-order valence-corrected chi connectivity index (χ0v) is 13.5. The summed E-state index contributed by atoms with van der Waals surface area (Å²) >= 11 is 8.23. The second-order valence-corrected chi connectivity index (χ2v) is 7.19. The molecule has 0 saturated carbocycles. The van der Waals surface area contributed by atoms with E-state index in [0.29, 0.717) is 10.4 Å². The first kappa shape index (κ1) is 13.0. The molecule has 0 radical (unpaired) electrons. The molecule has 0 amide bonds. The Morgan fingerprint density at radius 1 is 1.16 bits per heavy atom. The van der Waals surface area contributed by atoms with Crippen molar-refractivity contribution in [3.05, 3.63) is 61.4 Å². The van der Waals surface area contributed by atoms with Crippen molar-refractivity contribution >= 4 is 59.8 Å². The third-order valence-electron chi connectivity index (χ3n) is 2.78. The van der Waals surface area contributed by atoms with E-state index in [4.69, 9.17) is 0 Å². The highest BCUT2D eigenvalue weighted by atomic mass is 79.9. The van der Waals surface area contributed by atoms with Crippen LogP contribution < -0.4 is 0 Å². The Balaban J connectivity index is 2.16. The molecule has 1 aromatic carbocycles. The molecular formula is C14H7Br2NOS. The monoisotopic (exact) mass is 395 g/mol. The highest BCUT2D eigenvalue weighted by Gasteiger charge is 2.16. The van der Waals surface area contributed by atoms with Gasteiger partial charge in [0.25, 0.3) is 0 Å². The van der Waals surface area contributed by atoms with E-state index < -0.39 is 0 Å². The van der Waals surface area contributed by atoms with Crippen molar-refractivity contribution in [3.63, 3.8) is 0 Å². The molecule has 0 saturated heterocycles. The lowest BCUT2D eigenvalue weighted by Crippen LogP contribution is -2.00. The Bertz CT molecular complexity index is 757. The molecule has 0 unspecified atom stereocenters. The van der Waals surface area contributed by atoms with Crippen molar-refractivity contribution in [2.24, 2.45) is 0 Å². The van der Waals surface area contributed by atoms with Crippen molar-refractivity contribution in [1.29, 1.82) is 0 Å². The van der Waals surface area contributed by atoms with Crippen molar-refractivity contribution in [2.75, 3.05) is 0 Å². The topological polar surface area (TPSA) is 30.0 Å². The molecule has 0 atom stereocenters. The standard InChI is InChI=1S/C14H7Br2NOS/c15-11-5-12(19-14(11)16)13(18)10-7-17-6-8-3-1-2-4-9(8)10/h1-7H. The molecule has 2 heterocycles. The number of hydrogen-bond acceptors (Lipinski definition) is 3. The van der Waals surface area contributed by atoms with Crippen molar-refractivity contribution in [1.82, 2.24) is 4.98 Å². The number of carbonyl (C=O) groups excluding carboxylic acids is 1. The van der Waals surface area contributed by atoms with E-state index in [-0.39, 0.29) is 5.78 Å². The van der Waals surface area contributed by atoms with Gasteiger partial charge in [-0.2, -0.15) is 0 Å². The molecule has 94 valence electrons. The summed E-state index contributed by atoms with van der Waals surface area (Å²) in [6.45, 7) is 0. The summed E-state index contributed by atoms with van der Waals surface area (Å²) in [5, 5.41) is 1.91. The SMILES string of the molecule is O=C(c1cc(Br)c(Br)s1)c1cncc2ccccc12. The lowest BCUT2D eigenvalue weighted by molar-refractivity contribution is 0.104. The zero-order valence-electron chi connectivity index (χ0n) is 9.56.